The lowest BCUT2D eigenvalue weighted by Gasteiger charge is -2.18. The molecule has 0 radical (unpaired) electrons. The fourth-order valence-electron chi connectivity index (χ4n) is 2.07. The largest absolute Gasteiger partial charge is 0.487 e. The van der Waals surface area contributed by atoms with Gasteiger partial charge in [0.2, 0.25) is 0 Å². The molecule has 4 nitrogen and oxygen atoms in total. The van der Waals surface area contributed by atoms with E-state index in [0.29, 0.717) is 6.54 Å². The van der Waals surface area contributed by atoms with Gasteiger partial charge >= 0.3 is 5.57 Å². The van der Waals surface area contributed by atoms with E-state index in [1.165, 1.54) is 12.1 Å². The highest BCUT2D eigenvalue weighted by Gasteiger charge is 2.27. The predicted molar refractivity (Wildman–Crippen MR) is 82.5 cm³/mol. The zero-order valence-electron chi connectivity index (χ0n) is 12.6. The van der Waals surface area contributed by atoms with Crippen molar-refractivity contribution in [1.82, 2.24) is 10.2 Å². The van der Waals surface area contributed by atoms with Gasteiger partial charge in [-0.1, -0.05) is 20.8 Å². The second-order valence-electron chi connectivity index (χ2n) is 5.93. The molecule has 1 aromatic carbocycles. The predicted octanol–water partition coefficient (Wildman–Crippen LogP) is 4.49. The Morgan fingerprint density at radius 2 is 1.86 bits per heavy atom. The minimum atomic E-state index is -3.70. The van der Waals surface area contributed by atoms with E-state index in [0.717, 1.165) is 16.9 Å². The van der Waals surface area contributed by atoms with Crippen LogP contribution in [0, 0.1) is 0 Å². The molecule has 2 N–H and O–H groups in total. The van der Waals surface area contributed by atoms with Gasteiger partial charge in [0.25, 0.3) is 0 Å². The number of aromatic nitrogens is 2. The normalized spacial score (nSPS) is 12.3. The minimum Gasteiger partial charge on any atom is -0.420 e. The summed E-state index contributed by atoms with van der Waals surface area (Å²) >= 11 is 4.71. The van der Waals surface area contributed by atoms with Gasteiger partial charge in [-0.3, -0.25) is 5.10 Å². The van der Waals surface area contributed by atoms with Gasteiger partial charge in [-0.25, -0.2) is 0 Å². The van der Waals surface area contributed by atoms with Crippen molar-refractivity contribution < 1.29 is 13.5 Å². The van der Waals surface area contributed by atoms with E-state index in [1.807, 2.05) is 6.20 Å². The van der Waals surface area contributed by atoms with Crippen LogP contribution in [0.3, 0.4) is 0 Å². The van der Waals surface area contributed by atoms with Crippen molar-refractivity contribution in [2.45, 2.75) is 38.3 Å². The fraction of sp³-hybridized carbons (Fsp3) is 0.400. The molecule has 120 valence electrons. The Kier molecular flexibility index (Phi) is 4.60. The second kappa shape index (κ2) is 6.12. The lowest BCUT2D eigenvalue weighted by molar-refractivity contribution is -0.0964. The van der Waals surface area contributed by atoms with Gasteiger partial charge in [0.05, 0.1) is 5.69 Å². The Hall–Kier alpha value is -1.82. The topological polar surface area (TPSA) is 49.9 Å². The molecule has 0 unspecified atom stereocenters. The number of halogens is 3. The summed E-state index contributed by atoms with van der Waals surface area (Å²) in [5.74, 6) is 0.00393. The molecule has 7 heteroatoms. The average molecular weight is 330 g/mol. The van der Waals surface area contributed by atoms with E-state index in [1.54, 1.807) is 12.1 Å². The highest BCUT2D eigenvalue weighted by molar-refractivity contribution is 6.20. The van der Waals surface area contributed by atoms with Crippen molar-refractivity contribution in [3.05, 3.63) is 41.7 Å². The van der Waals surface area contributed by atoms with Gasteiger partial charge in [-0.15, -0.1) is 8.78 Å². The third-order valence-electron chi connectivity index (χ3n) is 3.00. The first-order valence-electron chi connectivity index (χ1n) is 6.78. The lowest BCUT2D eigenvalue weighted by atomic mass is 9.89. The van der Waals surface area contributed by atoms with E-state index in [4.69, 9.17) is 11.6 Å². The first-order chi connectivity index (χ1) is 10.1. The summed E-state index contributed by atoms with van der Waals surface area (Å²) in [6.45, 7) is 6.84. The van der Waals surface area contributed by atoms with E-state index >= 15 is 0 Å². The third-order valence-corrected chi connectivity index (χ3v) is 3.08. The Morgan fingerprint density at radius 1 is 1.23 bits per heavy atom. The summed E-state index contributed by atoms with van der Waals surface area (Å²) < 4.78 is 29.3. The summed E-state index contributed by atoms with van der Waals surface area (Å²) in [4.78, 5) is 0. The van der Waals surface area contributed by atoms with Crippen LogP contribution in [-0.4, -0.2) is 15.8 Å². The molecule has 0 bridgehead atoms. The maximum Gasteiger partial charge on any atom is 0.487 e. The molecule has 0 aliphatic heterocycles. The van der Waals surface area contributed by atoms with Crippen LogP contribution in [0.5, 0.6) is 5.75 Å². The summed E-state index contributed by atoms with van der Waals surface area (Å²) in [5, 5.41) is 10.4. The molecule has 2 aromatic rings. The van der Waals surface area contributed by atoms with E-state index < -0.39 is 5.57 Å². The average Bonchev–Trinajstić information content (AvgIpc) is 2.84. The third kappa shape index (κ3) is 4.59. The molecule has 0 saturated heterocycles. The van der Waals surface area contributed by atoms with Crippen LogP contribution >= 0.6 is 11.6 Å². The van der Waals surface area contributed by atoms with Crippen LogP contribution in [0.1, 0.15) is 32.0 Å². The summed E-state index contributed by atoms with van der Waals surface area (Å²) in [6.07, 6.45) is 1.85. The van der Waals surface area contributed by atoms with E-state index in [9.17, 15) is 8.78 Å². The number of ether oxygens (including phenoxy) is 1. The number of aromatic amines is 1. The first kappa shape index (κ1) is 16.5. The number of hydrogen-bond acceptors (Lipinski definition) is 3. The molecule has 22 heavy (non-hydrogen) atoms. The van der Waals surface area contributed by atoms with Gasteiger partial charge in [-0.2, -0.15) is 5.10 Å². The van der Waals surface area contributed by atoms with Crippen molar-refractivity contribution in [1.29, 1.82) is 0 Å². The number of hydrogen-bond donors (Lipinski definition) is 2. The van der Waals surface area contributed by atoms with Gasteiger partial charge in [0, 0.05) is 41.0 Å². The van der Waals surface area contributed by atoms with Crippen LogP contribution in [0.25, 0.3) is 0 Å². The molecule has 0 saturated carbocycles. The molecule has 1 aromatic heterocycles. The molecule has 0 aliphatic rings. The van der Waals surface area contributed by atoms with Gasteiger partial charge in [0.15, 0.2) is 0 Å². The highest BCUT2D eigenvalue weighted by Crippen LogP contribution is 2.27. The van der Waals surface area contributed by atoms with E-state index in [2.05, 4.69) is 41.0 Å². The molecular formula is C15H18ClF2N3O. The number of H-pyrrole nitrogens is 1. The summed E-state index contributed by atoms with van der Waals surface area (Å²) in [7, 11) is 0. The standard InChI is InChI=1S/C15H18ClF2N3O/c1-14(2,3)13-10(9-20-21-13)8-19-11-4-6-12(7-5-11)22-15(16,17)18/h4-7,9,19H,8H2,1-3H3,(H,20,21). The molecule has 0 atom stereocenters. The fourth-order valence-corrected chi connectivity index (χ4v) is 2.16. The van der Waals surface area contributed by atoms with Gasteiger partial charge < -0.3 is 10.1 Å². The molecule has 0 aliphatic carbocycles. The molecule has 0 amide bonds. The van der Waals surface area contributed by atoms with Crippen LogP contribution in [0.4, 0.5) is 14.5 Å². The second-order valence-corrected chi connectivity index (χ2v) is 6.37. The maximum absolute atomic E-state index is 12.5. The van der Waals surface area contributed by atoms with Crippen molar-refractivity contribution in [3.8, 4) is 5.75 Å². The maximum atomic E-state index is 12.5. The Balaban J connectivity index is 2.00. The minimum absolute atomic E-state index is 0.00393. The Bertz CT molecular complexity index is 615. The number of rotatable bonds is 5. The number of benzene rings is 1. The molecule has 0 spiro atoms. The van der Waals surface area contributed by atoms with Crippen molar-refractivity contribution in [3.63, 3.8) is 0 Å². The summed E-state index contributed by atoms with van der Waals surface area (Å²) in [5.41, 5.74) is -0.929. The van der Waals surface area contributed by atoms with Gasteiger partial charge in [-0.05, 0) is 24.3 Å². The SMILES string of the molecule is CC(C)(C)c1n[nH]cc1CNc1ccc(OC(F)(F)Cl)cc1. The van der Waals surface area contributed by atoms with Crippen LogP contribution in [-0.2, 0) is 12.0 Å². The monoisotopic (exact) mass is 329 g/mol. The zero-order chi connectivity index (χ0) is 16.4. The smallest absolute Gasteiger partial charge is 0.420 e. The molecular weight excluding hydrogens is 312 g/mol. The van der Waals surface area contributed by atoms with Crippen molar-refractivity contribution >= 4 is 17.3 Å². The lowest BCUT2D eigenvalue weighted by Crippen LogP contribution is -2.16. The van der Waals surface area contributed by atoms with Crippen molar-refractivity contribution in [2.24, 2.45) is 0 Å². The summed E-state index contributed by atoms with van der Waals surface area (Å²) in [6, 6.07) is 6.15. The number of nitrogens with zero attached hydrogens (tertiary/aromatic N) is 1. The highest BCUT2D eigenvalue weighted by atomic mass is 35.5. The van der Waals surface area contributed by atoms with Crippen molar-refractivity contribution in [2.75, 3.05) is 5.32 Å². The number of alkyl halides is 3. The van der Waals surface area contributed by atoms with Crippen LogP contribution in [0.2, 0.25) is 0 Å². The van der Waals surface area contributed by atoms with Crippen LogP contribution < -0.4 is 10.1 Å². The molecule has 1 heterocycles. The van der Waals surface area contributed by atoms with E-state index in [-0.39, 0.29) is 11.2 Å². The first-order valence-corrected chi connectivity index (χ1v) is 7.16. The quantitative estimate of drug-likeness (QED) is 0.795. The number of nitrogens with one attached hydrogen (secondary N) is 2. The van der Waals surface area contributed by atoms with Crippen LogP contribution in [0.15, 0.2) is 30.5 Å². The number of anilines is 1. The zero-order valence-corrected chi connectivity index (χ0v) is 13.3. The molecule has 2 rings (SSSR count). The van der Waals surface area contributed by atoms with Gasteiger partial charge in [0.1, 0.15) is 5.75 Å². The molecule has 0 fully saturated rings. The Morgan fingerprint density at radius 3 is 2.41 bits per heavy atom. The Labute approximate surface area is 132 Å².